The molecule has 7 heteroatoms. The molecule has 1 aliphatic heterocycles. The second-order valence-electron chi connectivity index (χ2n) is 7.79. The highest BCUT2D eigenvalue weighted by Gasteiger charge is 2.37. The molecule has 2 unspecified atom stereocenters. The van der Waals surface area contributed by atoms with Crippen molar-refractivity contribution in [2.45, 2.75) is 52.0 Å². The Morgan fingerprint density at radius 3 is 2.65 bits per heavy atom. The smallest absolute Gasteiger partial charge is 0.263 e. The minimum absolute atomic E-state index is 0.0731. The van der Waals surface area contributed by atoms with Gasteiger partial charge in [-0.15, -0.1) is 0 Å². The third-order valence-electron chi connectivity index (χ3n) is 5.49. The number of hydrogen-bond acceptors (Lipinski definition) is 4. The van der Waals surface area contributed by atoms with Crippen molar-refractivity contribution in [2.24, 2.45) is 16.3 Å². The third kappa shape index (κ3) is 3.77. The van der Waals surface area contributed by atoms with Crippen LogP contribution < -0.4 is 10.0 Å². The molecular formula is C19H27N3O3S. The van der Waals surface area contributed by atoms with Crippen molar-refractivity contribution in [1.29, 1.82) is 0 Å². The van der Waals surface area contributed by atoms with Gasteiger partial charge in [-0.25, -0.2) is 8.42 Å². The summed E-state index contributed by atoms with van der Waals surface area (Å²) in [5, 5.41) is 2.67. The van der Waals surface area contributed by atoms with Gasteiger partial charge in [-0.3, -0.25) is 14.5 Å². The first-order valence-corrected chi connectivity index (χ1v) is 10.7. The molecule has 6 nitrogen and oxygen atoms in total. The molecule has 26 heavy (non-hydrogen) atoms. The molecule has 3 aliphatic rings. The topological polar surface area (TPSA) is 87.6 Å². The Hall–Kier alpha value is -1.89. The van der Waals surface area contributed by atoms with Gasteiger partial charge in [0.1, 0.15) is 11.9 Å². The van der Waals surface area contributed by atoms with Crippen molar-refractivity contribution in [1.82, 2.24) is 10.0 Å². The number of likely N-dealkylation sites (N-methyl/N-ethyl adjacent to an activating group) is 1. The number of allylic oxidation sites excluding steroid dienone is 3. The van der Waals surface area contributed by atoms with E-state index in [2.05, 4.69) is 22.0 Å². The molecule has 142 valence electrons. The Morgan fingerprint density at radius 2 is 2.00 bits per heavy atom. The highest BCUT2D eigenvalue weighted by atomic mass is 32.2. The predicted octanol–water partition coefficient (Wildman–Crippen LogP) is 2.42. The first-order valence-electron chi connectivity index (χ1n) is 9.17. The maximum absolute atomic E-state index is 12.5. The average Bonchev–Trinajstić information content (AvgIpc) is 3.02. The van der Waals surface area contributed by atoms with Crippen molar-refractivity contribution in [2.75, 3.05) is 7.05 Å². The standard InChI is InChI=1S/C19H27N3O3S/c1-13-6-8-14-16(9-7-13)26(24,25)22-17(14)21-15(18(23)20-3)12-19(2)10-4-5-11-19/h6-9,13,15H,4-5,10-12H2,1-3H3,(H,20,23)(H,21,22). The van der Waals surface area contributed by atoms with Gasteiger partial charge in [0, 0.05) is 12.6 Å². The van der Waals surface area contributed by atoms with E-state index in [4.69, 9.17) is 0 Å². The molecule has 1 saturated carbocycles. The van der Waals surface area contributed by atoms with Gasteiger partial charge >= 0.3 is 0 Å². The maximum Gasteiger partial charge on any atom is 0.263 e. The summed E-state index contributed by atoms with van der Waals surface area (Å²) in [6.45, 7) is 4.18. The van der Waals surface area contributed by atoms with Gasteiger partial charge < -0.3 is 5.32 Å². The number of rotatable bonds is 4. The molecular weight excluding hydrogens is 350 g/mol. The van der Waals surface area contributed by atoms with Crippen LogP contribution in [0.5, 0.6) is 0 Å². The van der Waals surface area contributed by atoms with Crippen molar-refractivity contribution >= 4 is 21.8 Å². The second-order valence-corrected chi connectivity index (χ2v) is 9.44. The molecule has 1 amide bonds. The lowest BCUT2D eigenvalue weighted by Crippen LogP contribution is -2.36. The zero-order valence-electron chi connectivity index (χ0n) is 15.6. The lowest BCUT2D eigenvalue weighted by molar-refractivity contribution is -0.122. The van der Waals surface area contributed by atoms with Crippen LogP contribution in [0.4, 0.5) is 0 Å². The summed E-state index contributed by atoms with van der Waals surface area (Å²) >= 11 is 0. The van der Waals surface area contributed by atoms with Crippen LogP contribution in [-0.4, -0.2) is 33.3 Å². The van der Waals surface area contributed by atoms with Crippen LogP contribution in [-0.2, 0) is 14.8 Å². The SMILES string of the molecule is CNC(=O)C(CC1(C)CCCC1)N=C1NS(=O)(=O)C2=C1C=CC(C)C=C2. The average molecular weight is 378 g/mol. The molecule has 0 bridgehead atoms. The Balaban J connectivity index is 1.97. The van der Waals surface area contributed by atoms with Gasteiger partial charge in [-0.1, -0.05) is 44.9 Å². The zero-order valence-corrected chi connectivity index (χ0v) is 16.4. The fourth-order valence-corrected chi connectivity index (χ4v) is 5.14. The van der Waals surface area contributed by atoms with E-state index < -0.39 is 16.1 Å². The highest BCUT2D eigenvalue weighted by Crippen LogP contribution is 2.42. The number of amidine groups is 1. The first kappa shape index (κ1) is 18.9. The molecule has 2 atom stereocenters. The Morgan fingerprint density at radius 1 is 1.35 bits per heavy atom. The van der Waals surface area contributed by atoms with Crippen LogP contribution in [0.1, 0.15) is 46.0 Å². The predicted molar refractivity (Wildman–Crippen MR) is 103 cm³/mol. The quantitative estimate of drug-likeness (QED) is 0.789. The summed E-state index contributed by atoms with van der Waals surface area (Å²) in [5.74, 6) is 0.231. The highest BCUT2D eigenvalue weighted by molar-refractivity contribution is 7.94. The Kier molecular flexibility index (Phi) is 5.10. The van der Waals surface area contributed by atoms with E-state index >= 15 is 0 Å². The number of amides is 1. The van der Waals surface area contributed by atoms with E-state index in [9.17, 15) is 13.2 Å². The monoisotopic (exact) mass is 377 g/mol. The summed E-state index contributed by atoms with van der Waals surface area (Å²) in [6, 6.07) is -0.606. The normalized spacial score (nSPS) is 28.6. The molecule has 0 aromatic carbocycles. The maximum atomic E-state index is 12.5. The number of hydrogen-bond donors (Lipinski definition) is 2. The molecule has 1 fully saturated rings. The number of nitrogens with zero attached hydrogens (tertiary/aromatic N) is 1. The number of carbonyl (C=O) groups excluding carboxylic acids is 1. The van der Waals surface area contributed by atoms with E-state index in [1.54, 1.807) is 19.2 Å². The molecule has 1 heterocycles. The summed E-state index contributed by atoms with van der Waals surface area (Å²) in [6.07, 6.45) is 12.3. The van der Waals surface area contributed by atoms with Crippen LogP contribution in [0.3, 0.4) is 0 Å². The lowest BCUT2D eigenvalue weighted by Gasteiger charge is -2.26. The fraction of sp³-hybridized carbons (Fsp3) is 0.579. The van der Waals surface area contributed by atoms with E-state index in [0.717, 1.165) is 12.8 Å². The van der Waals surface area contributed by atoms with Gasteiger partial charge in [0.15, 0.2) is 0 Å². The zero-order chi connectivity index (χ0) is 18.9. The van der Waals surface area contributed by atoms with Crippen LogP contribution in [0.25, 0.3) is 0 Å². The number of sulfonamides is 1. The van der Waals surface area contributed by atoms with E-state index in [0.29, 0.717) is 12.0 Å². The van der Waals surface area contributed by atoms with Crippen molar-refractivity contribution < 1.29 is 13.2 Å². The van der Waals surface area contributed by atoms with Crippen LogP contribution in [0.2, 0.25) is 0 Å². The Labute approximate surface area is 155 Å². The number of nitrogens with one attached hydrogen (secondary N) is 2. The van der Waals surface area contributed by atoms with Gasteiger partial charge in [0.05, 0.1) is 4.91 Å². The summed E-state index contributed by atoms with van der Waals surface area (Å²) < 4.78 is 27.4. The van der Waals surface area contributed by atoms with Crippen molar-refractivity contribution in [3.05, 3.63) is 34.8 Å². The van der Waals surface area contributed by atoms with E-state index in [1.165, 1.54) is 12.8 Å². The number of aliphatic imine (C=N–C) groups is 1. The minimum atomic E-state index is -3.63. The largest absolute Gasteiger partial charge is 0.357 e. The van der Waals surface area contributed by atoms with Gasteiger partial charge in [0.25, 0.3) is 10.0 Å². The van der Waals surface area contributed by atoms with Gasteiger partial charge in [-0.2, -0.15) is 0 Å². The van der Waals surface area contributed by atoms with Crippen LogP contribution >= 0.6 is 0 Å². The van der Waals surface area contributed by atoms with Crippen LogP contribution in [0, 0.1) is 11.3 Å². The lowest BCUT2D eigenvalue weighted by atomic mass is 9.82. The molecule has 0 aromatic rings. The second kappa shape index (κ2) is 7.02. The first-order chi connectivity index (χ1) is 12.2. The Bertz CT molecular complexity index is 815. The van der Waals surface area contributed by atoms with Gasteiger partial charge in [-0.05, 0) is 36.7 Å². The minimum Gasteiger partial charge on any atom is -0.357 e. The molecule has 0 radical (unpaired) electrons. The fourth-order valence-electron chi connectivity index (χ4n) is 3.91. The summed E-state index contributed by atoms with van der Waals surface area (Å²) in [4.78, 5) is 17.2. The van der Waals surface area contributed by atoms with Gasteiger partial charge in [0.2, 0.25) is 5.91 Å². The number of carbonyl (C=O) groups is 1. The molecule has 3 rings (SSSR count). The summed E-state index contributed by atoms with van der Waals surface area (Å²) in [5.41, 5.74) is 0.611. The summed E-state index contributed by atoms with van der Waals surface area (Å²) in [7, 11) is -2.05. The van der Waals surface area contributed by atoms with E-state index in [-0.39, 0.29) is 28.0 Å². The van der Waals surface area contributed by atoms with Crippen molar-refractivity contribution in [3.63, 3.8) is 0 Å². The molecule has 2 N–H and O–H groups in total. The van der Waals surface area contributed by atoms with Crippen molar-refractivity contribution in [3.8, 4) is 0 Å². The van der Waals surface area contributed by atoms with Crippen LogP contribution in [0.15, 0.2) is 39.8 Å². The molecule has 0 aromatic heterocycles. The molecule has 0 spiro atoms. The van der Waals surface area contributed by atoms with E-state index in [1.807, 2.05) is 19.1 Å². The third-order valence-corrected chi connectivity index (χ3v) is 6.89. The molecule has 2 aliphatic carbocycles. The molecule has 0 saturated heterocycles.